The lowest BCUT2D eigenvalue weighted by atomic mass is 10.1. The number of para-hydroxylation sites is 2. The summed E-state index contributed by atoms with van der Waals surface area (Å²) in [7, 11) is 2.18. The van der Waals surface area contributed by atoms with Crippen molar-refractivity contribution in [3.63, 3.8) is 0 Å². The third kappa shape index (κ3) is 1.45. The summed E-state index contributed by atoms with van der Waals surface area (Å²) >= 11 is 5.61. The molecule has 2 aromatic carbocycles. The van der Waals surface area contributed by atoms with Gasteiger partial charge in [0.25, 0.3) is 0 Å². The van der Waals surface area contributed by atoms with Gasteiger partial charge in [-0.15, -0.1) is 0 Å². The van der Waals surface area contributed by atoms with Crippen LogP contribution in [0.3, 0.4) is 0 Å². The van der Waals surface area contributed by atoms with Crippen LogP contribution in [0.2, 0.25) is 0 Å². The molecule has 0 saturated carbocycles. The van der Waals surface area contributed by atoms with Crippen molar-refractivity contribution in [1.82, 2.24) is 4.48 Å². The maximum atomic E-state index is 5.61. The van der Waals surface area contributed by atoms with E-state index >= 15 is 0 Å². The Bertz CT molecular complexity index is 576. The first kappa shape index (κ1) is 10.6. The molecule has 1 atom stereocenters. The Morgan fingerprint density at radius 1 is 0.941 bits per heavy atom. The summed E-state index contributed by atoms with van der Waals surface area (Å²) in [6, 6.07) is 19.0. The Kier molecular flexibility index (Phi) is 2.35. The van der Waals surface area contributed by atoms with Crippen LogP contribution in [0, 0.1) is 0 Å². The van der Waals surface area contributed by atoms with Gasteiger partial charge < -0.3 is 0 Å². The van der Waals surface area contributed by atoms with Crippen molar-refractivity contribution >= 4 is 28.6 Å². The maximum absolute atomic E-state index is 5.61. The molecule has 3 rings (SSSR count). The van der Waals surface area contributed by atoms with Crippen LogP contribution in [0.4, 0.5) is 11.4 Å². The summed E-state index contributed by atoms with van der Waals surface area (Å²) in [5.41, 5.74) is 3.90. The molecular formula is C15H14NS+. The average Bonchev–Trinajstić information content (AvgIpc) is 2.64. The predicted molar refractivity (Wildman–Crippen MR) is 76.6 cm³/mol. The zero-order valence-corrected chi connectivity index (χ0v) is 10.6. The van der Waals surface area contributed by atoms with Gasteiger partial charge in [0.05, 0.1) is 13.5 Å². The molecule has 0 aliphatic carbocycles. The lowest BCUT2D eigenvalue weighted by Gasteiger charge is -2.28. The van der Waals surface area contributed by atoms with Crippen molar-refractivity contribution in [2.75, 3.05) is 7.05 Å². The zero-order chi connectivity index (χ0) is 11.9. The lowest BCUT2D eigenvalue weighted by molar-refractivity contribution is 0.692. The van der Waals surface area contributed by atoms with E-state index in [0.29, 0.717) is 4.48 Å². The van der Waals surface area contributed by atoms with E-state index in [0.717, 1.165) is 11.4 Å². The van der Waals surface area contributed by atoms with Gasteiger partial charge >= 0.3 is 0 Å². The van der Waals surface area contributed by atoms with Crippen molar-refractivity contribution in [3.8, 4) is 0 Å². The number of quaternary nitrogens is 1. The van der Waals surface area contributed by atoms with E-state index < -0.39 is 0 Å². The Morgan fingerprint density at radius 2 is 1.59 bits per heavy atom. The zero-order valence-electron chi connectivity index (χ0n) is 9.76. The standard InChI is InChI=1S/C15H14NS/c1-16(13-8-3-2-4-9-13)14-10-6-5-7-12(14)11-15(16)17/h2-10H,11H2,1H3/q+1. The molecule has 1 nitrogen and oxygen atoms in total. The Morgan fingerprint density at radius 3 is 2.35 bits per heavy atom. The highest BCUT2D eigenvalue weighted by Crippen LogP contribution is 2.41. The van der Waals surface area contributed by atoms with E-state index in [2.05, 4.69) is 55.6 Å². The van der Waals surface area contributed by atoms with E-state index in [1.807, 2.05) is 6.07 Å². The van der Waals surface area contributed by atoms with Crippen molar-refractivity contribution < 1.29 is 0 Å². The van der Waals surface area contributed by atoms with Gasteiger partial charge in [-0.2, -0.15) is 0 Å². The summed E-state index contributed by atoms with van der Waals surface area (Å²) in [5, 5.41) is 0. The van der Waals surface area contributed by atoms with Crippen LogP contribution in [-0.4, -0.2) is 12.0 Å². The predicted octanol–water partition coefficient (Wildman–Crippen LogP) is 3.84. The summed E-state index contributed by atoms with van der Waals surface area (Å²) in [6.45, 7) is 0. The van der Waals surface area contributed by atoms with Crippen LogP contribution < -0.4 is 4.48 Å². The summed E-state index contributed by atoms with van der Waals surface area (Å²) in [4.78, 5) is 1.07. The summed E-state index contributed by atoms with van der Waals surface area (Å²) < 4.78 is 0.659. The largest absolute Gasteiger partial charge is 0.223 e. The quantitative estimate of drug-likeness (QED) is 0.539. The molecule has 0 amide bonds. The highest BCUT2D eigenvalue weighted by Gasteiger charge is 2.41. The summed E-state index contributed by atoms with van der Waals surface area (Å²) in [6.07, 6.45) is 0.900. The second kappa shape index (κ2) is 3.76. The van der Waals surface area contributed by atoms with Crippen LogP contribution in [0.1, 0.15) is 5.56 Å². The highest BCUT2D eigenvalue weighted by molar-refractivity contribution is 7.80. The van der Waals surface area contributed by atoms with Crippen LogP contribution in [-0.2, 0) is 6.42 Å². The van der Waals surface area contributed by atoms with E-state index in [1.165, 1.54) is 16.9 Å². The Labute approximate surface area is 107 Å². The second-order valence-electron chi connectivity index (χ2n) is 4.54. The Balaban J connectivity index is 2.24. The highest BCUT2D eigenvalue weighted by atomic mass is 32.1. The fraction of sp³-hybridized carbons (Fsp3) is 0.133. The van der Waals surface area contributed by atoms with Gasteiger partial charge in [-0.1, -0.05) is 36.4 Å². The second-order valence-corrected chi connectivity index (χ2v) is 5.01. The molecule has 0 saturated heterocycles. The van der Waals surface area contributed by atoms with Crippen LogP contribution in [0.15, 0.2) is 54.6 Å². The van der Waals surface area contributed by atoms with Crippen molar-refractivity contribution in [3.05, 3.63) is 60.2 Å². The molecule has 84 valence electrons. The first-order valence-corrected chi connectivity index (χ1v) is 6.18. The van der Waals surface area contributed by atoms with Gasteiger partial charge in [0.1, 0.15) is 11.4 Å². The average molecular weight is 240 g/mol. The third-order valence-corrected chi connectivity index (χ3v) is 4.10. The third-order valence-electron chi connectivity index (χ3n) is 3.59. The minimum atomic E-state index is 0.659. The topological polar surface area (TPSA) is 0 Å². The molecular weight excluding hydrogens is 226 g/mol. The fourth-order valence-electron chi connectivity index (χ4n) is 2.56. The molecule has 0 radical (unpaired) electrons. The minimum Gasteiger partial charge on any atom is -0.223 e. The monoisotopic (exact) mass is 240 g/mol. The van der Waals surface area contributed by atoms with Crippen molar-refractivity contribution in [2.45, 2.75) is 6.42 Å². The van der Waals surface area contributed by atoms with Gasteiger partial charge in [-0.3, -0.25) is 0 Å². The molecule has 0 bridgehead atoms. The van der Waals surface area contributed by atoms with Crippen LogP contribution in [0.25, 0.3) is 0 Å². The van der Waals surface area contributed by atoms with Crippen molar-refractivity contribution in [1.29, 1.82) is 0 Å². The van der Waals surface area contributed by atoms with Gasteiger partial charge in [-0.25, -0.2) is 4.48 Å². The number of nitrogens with zero attached hydrogens (tertiary/aromatic N) is 1. The van der Waals surface area contributed by atoms with Crippen LogP contribution >= 0.6 is 12.2 Å². The molecule has 0 spiro atoms. The SMILES string of the molecule is C[N+]1(c2ccccc2)C(=S)Cc2ccccc21. The molecule has 2 aromatic rings. The molecule has 0 fully saturated rings. The van der Waals surface area contributed by atoms with Gasteiger partial charge in [0.2, 0.25) is 0 Å². The number of benzene rings is 2. The van der Waals surface area contributed by atoms with E-state index in [1.54, 1.807) is 0 Å². The van der Waals surface area contributed by atoms with Gasteiger partial charge in [0, 0.05) is 11.6 Å². The molecule has 17 heavy (non-hydrogen) atoms. The first-order valence-electron chi connectivity index (χ1n) is 5.77. The maximum Gasteiger partial charge on any atom is 0.188 e. The molecule has 1 aliphatic rings. The number of hydrogen-bond donors (Lipinski definition) is 0. The van der Waals surface area contributed by atoms with Gasteiger partial charge in [0.15, 0.2) is 4.99 Å². The minimum absolute atomic E-state index is 0.659. The molecule has 0 aromatic heterocycles. The molecule has 1 unspecified atom stereocenters. The van der Waals surface area contributed by atoms with E-state index in [9.17, 15) is 0 Å². The molecule has 1 aliphatic heterocycles. The number of rotatable bonds is 1. The first-order chi connectivity index (χ1) is 8.23. The smallest absolute Gasteiger partial charge is 0.188 e. The summed E-state index contributed by atoms with van der Waals surface area (Å²) in [5.74, 6) is 0. The Hall–Kier alpha value is -1.51. The van der Waals surface area contributed by atoms with Crippen molar-refractivity contribution in [2.24, 2.45) is 0 Å². The number of hydrogen-bond acceptors (Lipinski definition) is 1. The van der Waals surface area contributed by atoms with E-state index in [4.69, 9.17) is 12.2 Å². The molecule has 1 heterocycles. The van der Waals surface area contributed by atoms with Gasteiger partial charge in [-0.05, 0) is 24.4 Å². The van der Waals surface area contributed by atoms with Crippen LogP contribution in [0.5, 0.6) is 0 Å². The fourth-order valence-corrected chi connectivity index (χ4v) is 2.92. The molecule has 0 N–H and O–H groups in total. The number of fused-ring (bicyclic) bond motifs is 1. The van der Waals surface area contributed by atoms with E-state index in [-0.39, 0.29) is 0 Å². The number of thiocarbonyl (C=S) groups is 1. The normalized spacial score (nSPS) is 22.5. The lowest BCUT2D eigenvalue weighted by Crippen LogP contribution is -2.41. The molecule has 2 heteroatoms. The number of likely N-dealkylation sites (N-methyl/N-ethyl adjacent to an activating group) is 1.